The molecule has 0 N–H and O–H groups in total. The van der Waals surface area contributed by atoms with Crippen LogP contribution < -0.4 is 9.47 Å². The molecule has 0 fully saturated rings. The van der Waals surface area contributed by atoms with E-state index < -0.39 is 0 Å². The second-order valence-corrected chi connectivity index (χ2v) is 5.56. The molecule has 0 aliphatic rings. The Morgan fingerprint density at radius 1 is 0.864 bits per heavy atom. The highest BCUT2D eigenvalue weighted by Crippen LogP contribution is 2.37. The minimum absolute atomic E-state index is 0.742. The van der Waals surface area contributed by atoms with Crippen LogP contribution in [-0.2, 0) is 6.42 Å². The zero-order chi connectivity index (χ0) is 15.5. The topological polar surface area (TPSA) is 18.5 Å². The van der Waals surface area contributed by atoms with Crippen LogP contribution in [-0.4, -0.2) is 14.2 Å². The van der Waals surface area contributed by atoms with Crippen LogP contribution in [0.4, 0.5) is 0 Å². The van der Waals surface area contributed by atoms with Crippen LogP contribution >= 0.6 is 11.6 Å². The van der Waals surface area contributed by atoms with E-state index in [0.717, 1.165) is 39.3 Å². The summed E-state index contributed by atoms with van der Waals surface area (Å²) in [7, 11) is 3.40. The summed E-state index contributed by atoms with van der Waals surface area (Å²) >= 11 is 5.95. The summed E-state index contributed by atoms with van der Waals surface area (Å²) in [5, 5.41) is 2.86. The largest absolute Gasteiger partial charge is 0.496 e. The van der Waals surface area contributed by atoms with Crippen molar-refractivity contribution in [3.63, 3.8) is 0 Å². The van der Waals surface area contributed by atoms with Gasteiger partial charge in [0.05, 0.1) is 14.2 Å². The first-order valence-electron chi connectivity index (χ1n) is 7.10. The normalized spacial score (nSPS) is 10.7. The minimum atomic E-state index is 0.742. The lowest BCUT2D eigenvalue weighted by molar-refractivity contribution is 0.407. The van der Waals surface area contributed by atoms with Crippen molar-refractivity contribution in [3.8, 4) is 11.5 Å². The zero-order valence-corrected chi connectivity index (χ0v) is 13.4. The number of hydrogen-bond acceptors (Lipinski definition) is 2. The van der Waals surface area contributed by atoms with E-state index in [9.17, 15) is 0 Å². The van der Waals surface area contributed by atoms with Crippen molar-refractivity contribution in [1.29, 1.82) is 0 Å². The smallest absolute Gasteiger partial charge is 0.130 e. The molecule has 0 saturated heterocycles. The Balaban J connectivity index is 2.13. The first-order chi connectivity index (χ1) is 10.7. The quantitative estimate of drug-likeness (QED) is 0.667. The molecule has 3 heteroatoms. The standard InChI is InChI=1S/C19H17ClO2/c1-21-18-12-14(11-13-7-9-15(20)10-8-13)19(22-2)17-6-4-3-5-16(17)18/h3-10,12H,11H2,1-2H3. The minimum Gasteiger partial charge on any atom is -0.496 e. The van der Waals surface area contributed by atoms with Gasteiger partial charge in [0, 0.05) is 27.8 Å². The van der Waals surface area contributed by atoms with E-state index in [0.29, 0.717) is 0 Å². The van der Waals surface area contributed by atoms with Crippen molar-refractivity contribution in [2.75, 3.05) is 14.2 Å². The molecule has 0 aliphatic carbocycles. The molecule has 0 heterocycles. The van der Waals surface area contributed by atoms with Crippen LogP contribution in [0.1, 0.15) is 11.1 Å². The second kappa shape index (κ2) is 6.29. The van der Waals surface area contributed by atoms with E-state index in [1.807, 2.05) is 42.5 Å². The van der Waals surface area contributed by atoms with Crippen LogP contribution in [0.5, 0.6) is 11.5 Å². The highest BCUT2D eigenvalue weighted by molar-refractivity contribution is 6.30. The lowest BCUT2D eigenvalue weighted by Crippen LogP contribution is -1.97. The maximum Gasteiger partial charge on any atom is 0.130 e. The molecule has 0 atom stereocenters. The third-order valence-electron chi connectivity index (χ3n) is 3.77. The van der Waals surface area contributed by atoms with Gasteiger partial charge in [-0.15, -0.1) is 0 Å². The highest BCUT2D eigenvalue weighted by Gasteiger charge is 2.13. The van der Waals surface area contributed by atoms with E-state index in [-0.39, 0.29) is 0 Å². The third kappa shape index (κ3) is 2.75. The predicted octanol–water partition coefficient (Wildman–Crippen LogP) is 5.10. The summed E-state index contributed by atoms with van der Waals surface area (Å²) < 4.78 is 11.2. The zero-order valence-electron chi connectivity index (χ0n) is 12.6. The maximum absolute atomic E-state index is 5.95. The second-order valence-electron chi connectivity index (χ2n) is 5.12. The fourth-order valence-electron chi connectivity index (χ4n) is 2.73. The molecule has 2 nitrogen and oxygen atoms in total. The monoisotopic (exact) mass is 312 g/mol. The van der Waals surface area contributed by atoms with Gasteiger partial charge in [0.25, 0.3) is 0 Å². The Bertz CT molecular complexity index is 794. The molecule has 0 radical (unpaired) electrons. The number of halogens is 1. The molecule has 0 saturated carbocycles. The third-order valence-corrected chi connectivity index (χ3v) is 4.02. The summed E-state index contributed by atoms with van der Waals surface area (Å²) in [5.41, 5.74) is 2.28. The molecule has 0 bridgehead atoms. The number of benzene rings is 3. The summed E-state index contributed by atoms with van der Waals surface area (Å²) in [5.74, 6) is 1.76. The molecular formula is C19H17ClO2. The molecule has 0 aliphatic heterocycles. The van der Waals surface area contributed by atoms with Gasteiger partial charge < -0.3 is 9.47 Å². The first kappa shape index (κ1) is 14.7. The summed E-state index contributed by atoms with van der Waals surface area (Å²) in [6.07, 6.45) is 0.765. The van der Waals surface area contributed by atoms with Gasteiger partial charge in [0.15, 0.2) is 0 Å². The van der Waals surface area contributed by atoms with Crippen LogP contribution in [0, 0.1) is 0 Å². The van der Waals surface area contributed by atoms with Crippen molar-refractivity contribution in [1.82, 2.24) is 0 Å². The SMILES string of the molecule is COc1cc(Cc2ccc(Cl)cc2)c(OC)c2ccccc12. The van der Waals surface area contributed by atoms with Crippen molar-refractivity contribution in [2.24, 2.45) is 0 Å². The van der Waals surface area contributed by atoms with Gasteiger partial charge in [-0.2, -0.15) is 0 Å². The van der Waals surface area contributed by atoms with Gasteiger partial charge >= 0.3 is 0 Å². The number of fused-ring (bicyclic) bond motifs is 1. The Morgan fingerprint density at radius 2 is 1.55 bits per heavy atom. The molecule has 0 aromatic heterocycles. The first-order valence-corrected chi connectivity index (χ1v) is 7.47. The van der Waals surface area contributed by atoms with E-state index in [1.54, 1.807) is 14.2 Å². The molecule has 0 unspecified atom stereocenters. The van der Waals surface area contributed by atoms with Gasteiger partial charge in [0.1, 0.15) is 11.5 Å². The Morgan fingerprint density at radius 3 is 2.18 bits per heavy atom. The summed E-state index contributed by atoms with van der Waals surface area (Å²) in [4.78, 5) is 0. The van der Waals surface area contributed by atoms with Crippen molar-refractivity contribution < 1.29 is 9.47 Å². The van der Waals surface area contributed by atoms with E-state index in [4.69, 9.17) is 21.1 Å². The molecule has 3 aromatic carbocycles. The molecule has 3 rings (SSSR count). The Kier molecular flexibility index (Phi) is 4.21. The van der Waals surface area contributed by atoms with Crippen LogP contribution in [0.15, 0.2) is 54.6 Å². The fourth-order valence-corrected chi connectivity index (χ4v) is 2.86. The van der Waals surface area contributed by atoms with Gasteiger partial charge in [-0.1, -0.05) is 48.0 Å². The molecule has 112 valence electrons. The van der Waals surface area contributed by atoms with Crippen LogP contribution in [0.2, 0.25) is 5.02 Å². The Hall–Kier alpha value is -2.19. The van der Waals surface area contributed by atoms with Crippen LogP contribution in [0.25, 0.3) is 10.8 Å². The van der Waals surface area contributed by atoms with Gasteiger partial charge in [-0.25, -0.2) is 0 Å². The van der Waals surface area contributed by atoms with Gasteiger partial charge in [-0.3, -0.25) is 0 Å². The predicted molar refractivity (Wildman–Crippen MR) is 91.3 cm³/mol. The average Bonchev–Trinajstić information content (AvgIpc) is 2.56. The summed E-state index contributed by atoms with van der Waals surface area (Å²) in [6.45, 7) is 0. The number of hydrogen-bond donors (Lipinski definition) is 0. The highest BCUT2D eigenvalue weighted by atomic mass is 35.5. The average molecular weight is 313 g/mol. The van der Waals surface area contributed by atoms with E-state index >= 15 is 0 Å². The van der Waals surface area contributed by atoms with Gasteiger partial charge in [-0.05, 0) is 23.8 Å². The van der Waals surface area contributed by atoms with Crippen molar-refractivity contribution in [3.05, 3.63) is 70.7 Å². The summed E-state index contributed by atoms with van der Waals surface area (Å²) in [6, 6.07) is 18.0. The van der Waals surface area contributed by atoms with E-state index in [1.165, 1.54) is 5.56 Å². The fraction of sp³-hybridized carbons (Fsp3) is 0.158. The molecule has 0 amide bonds. The van der Waals surface area contributed by atoms with Gasteiger partial charge in [0.2, 0.25) is 0 Å². The van der Waals surface area contributed by atoms with Crippen molar-refractivity contribution >= 4 is 22.4 Å². The van der Waals surface area contributed by atoms with E-state index in [2.05, 4.69) is 12.1 Å². The maximum atomic E-state index is 5.95. The Labute approximate surface area is 135 Å². The molecule has 22 heavy (non-hydrogen) atoms. The lowest BCUT2D eigenvalue weighted by atomic mass is 9.99. The number of rotatable bonds is 4. The number of ether oxygens (including phenoxy) is 2. The number of methoxy groups -OCH3 is 2. The molecular weight excluding hydrogens is 296 g/mol. The molecule has 0 spiro atoms. The van der Waals surface area contributed by atoms with Crippen molar-refractivity contribution in [2.45, 2.75) is 6.42 Å². The lowest BCUT2D eigenvalue weighted by Gasteiger charge is -2.15. The molecule has 3 aromatic rings. The van der Waals surface area contributed by atoms with Crippen LogP contribution in [0.3, 0.4) is 0 Å².